The zero-order chi connectivity index (χ0) is 18.9. The Balaban J connectivity index is 2.26. The van der Waals surface area contributed by atoms with E-state index in [1.54, 1.807) is 18.2 Å². The van der Waals surface area contributed by atoms with Crippen LogP contribution in [0.25, 0.3) is 0 Å². The average molecular weight is 397 g/mol. The van der Waals surface area contributed by atoms with Crippen molar-refractivity contribution in [3.63, 3.8) is 0 Å². The van der Waals surface area contributed by atoms with Crippen LogP contribution in [-0.4, -0.2) is 30.7 Å². The number of hydrogen-bond donors (Lipinski definition) is 2. The molecule has 0 aromatic heterocycles. The summed E-state index contributed by atoms with van der Waals surface area (Å²) in [6, 6.07) is 5.12. The molecule has 1 aliphatic rings. The van der Waals surface area contributed by atoms with E-state index in [1.165, 1.54) is 0 Å². The van der Waals surface area contributed by atoms with E-state index in [4.69, 9.17) is 23.2 Å². The van der Waals surface area contributed by atoms with Gasteiger partial charge in [-0.05, 0) is 50.9 Å². The molecule has 1 aliphatic heterocycles. The number of alkyl halides is 3. The first kappa shape index (κ1) is 20.3. The first-order chi connectivity index (χ1) is 11.5. The van der Waals surface area contributed by atoms with Gasteiger partial charge < -0.3 is 10.6 Å². The molecule has 0 radical (unpaired) electrons. The lowest BCUT2D eigenvalue weighted by Crippen LogP contribution is -2.56. The van der Waals surface area contributed by atoms with Gasteiger partial charge in [-0.3, -0.25) is 4.79 Å². The number of nitrogens with one attached hydrogen (secondary N) is 2. The van der Waals surface area contributed by atoms with Gasteiger partial charge in [-0.2, -0.15) is 13.2 Å². The van der Waals surface area contributed by atoms with E-state index in [0.717, 1.165) is 32.4 Å². The SMILES string of the molecule is CC(C)(NC(=O)C[C@]1(c2ccc(Cl)c(Cl)c2)CCCNC1)C(F)(F)F. The Bertz CT molecular complexity index is 641. The molecule has 0 bridgehead atoms. The summed E-state index contributed by atoms with van der Waals surface area (Å²) in [4.78, 5) is 12.4. The number of rotatable bonds is 4. The van der Waals surface area contributed by atoms with Crippen molar-refractivity contribution in [2.75, 3.05) is 13.1 Å². The molecule has 1 amide bonds. The lowest BCUT2D eigenvalue weighted by atomic mass is 9.72. The minimum Gasteiger partial charge on any atom is -0.342 e. The Hall–Kier alpha value is -0.980. The third-order valence-electron chi connectivity index (χ3n) is 4.66. The van der Waals surface area contributed by atoms with Crippen LogP contribution < -0.4 is 10.6 Å². The maximum absolute atomic E-state index is 13.0. The molecule has 140 valence electrons. The van der Waals surface area contributed by atoms with E-state index >= 15 is 0 Å². The van der Waals surface area contributed by atoms with E-state index in [9.17, 15) is 18.0 Å². The van der Waals surface area contributed by atoms with Crippen LogP contribution in [0.2, 0.25) is 10.0 Å². The maximum atomic E-state index is 13.0. The van der Waals surface area contributed by atoms with Crippen LogP contribution in [0.4, 0.5) is 13.2 Å². The van der Waals surface area contributed by atoms with Gasteiger partial charge in [0.15, 0.2) is 0 Å². The zero-order valence-corrected chi connectivity index (χ0v) is 15.6. The molecule has 1 saturated heterocycles. The number of piperidine rings is 1. The number of amides is 1. The highest BCUT2D eigenvalue weighted by atomic mass is 35.5. The Labute approximate surface area is 155 Å². The summed E-state index contributed by atoms with van der Waals surface area (Å²) in [5.74, 6) is -0.642. The summed E-state index contributed by atoms with van der Waals surface area (Å²) in [5.41, 5.74) is -2.10. The van der Waals surface area contributed by atoms with Crippen molar-refractivity contribution in [2.45, 2.75) is 50.2 Å². The Morgan fingerprint density at radius 3 is 2.48 bits per heavy atom. The molecule has 25 heavy (non-hydrogen) atoms. The van der Waals surface area contributed by atoms with Crippen molar-refractivity contribution in [2.24, 2.45) is 0 Å². The molecule has 3 nitrogen and oxygen atoms in total. The minimum absolute atomic E-state index is 0.0581. The lowest BCUT2D eigenvalue weighted by molar-refractivity contribution is -0.188. The fourth-order valence-electron chi connectivity index (χ4n) is 3.06. The molecule has 1 atom stereocenters. The molecule has 1 fully saturated rings. The highest BCUT2D eigenvalue weighted by molar-refractivity contribution is 6.42. The molecule has 0 unspecified atom stereocenters. The van der Waals surface area contributed by atoms with Gasteiger partial charge in [-0.1, -0.05) is 29.3 Å². The van der Waals surface area contributed by atoms with E-state index in [-0.39, 0.29) is 6.42 Å². The summed E-state index contributed by atoms with van der Waals surface area (Å²) < 4.78 is 39.1. The van der Waals surface area contributed by atoms with Crippen LogP contribution in [0.3, 0.4) is 0 Å². The van der Waals surface area contributed by atoms with Crippen LogP contribution in [-0.2, 0) is 10.2 Å². The average Bonchev–Trinajstić information content (AvgIpc) is 2.49. The summed E-state index contributed by atoms with van der Waals surface area (Å²) in [6.45, 7) is 3.20. The summed E-state index contributed by atoms with van der Waals surface area (Å²) in [5, 5.41) is 6.10. The van der Waals surface area contributed by atoms with E-state index < -0.39 is 23.0 Å². The molecule has 2 N–H and O–H groups in total. The number of benzene rings is 1. The molecule has 1 aromatic carbocycles. The molecule has 0 saturated carbocycles. The Morgan fingerprint density at radius 1 is 1.28 bits per heavy atom. The first-order valence-electron chi connectivity index (χ1n) is 8.01. The topological polar surface area (TPSA) is 41.1 Å². The van der Waals surface area contributed by atoms with Gasteiger partial charge in [-0.15, -0.1) is 0 Å². The fraction of sp³-hybridized carbons (Fsp3) is 0.588. The standard InChI is InChI=1S/C17H21Cl2F3N2O/c1-15(2,17(20,21)22)24-14(25)9-16(6-3-7-23-10-16)11-4-5-12(18)13(19)8-11/h4-5,8,23H,3,6-7,9-10H2,1-2H3,(H,24,25)/t16-/m1/s1. The van der Waals surface area contributed by atoms with Gasteiger partial charge in [0.25, 0.3) is 0 Å². The van der Waals surface area contributed by atoms with Crippen molar-refractivity contribution in [3.8, 4) is 0 Å². The minimum atomic E-state index is -4.52. The van der Waals surface area contributed by atoms with Crippen molar-refractivity contribution >= 4 is 29.1 Å². The summed E-state index contributed by atoms with van der Waals surface area (Å²) in [6.07, 6.45) is -3.09. The Morgan fingerprint density at radius 2 is 1.96 bits per heavy atom. The van der Waals surface area contributed by atoms with Gasteiger partial charge >= 0.3 is 6.18 Å². The van der Waals surface area contributed by atoms with Crippen molar-refractivity contribution < 1.29 is 18.0 Å². The van der Waals surface area contributed by atoms with Gasteiger partial charge in [0, 0.05) is 18.4 Å². The molecule has 1 aromatic rings. The molecular weight excluding hydrogens is 376 g/mol. The highest BCUT2D eigenvalue weighted by Crippen LogP contribution is 2.38. The normalized spacial score (nSPS) is 21.9. The van der Waals surface area contributed by atoms with Crippen LogP contribution >= 0.6 is 23.2 Å². The lowest BCUT2D eigenvalue weighted by Gasteiger charge is -2.39. The second-order valence-corrected chi connectivity index (χ2v) is 7.85. The predicted octanol–water partition coefficient (Wildman–Crippen LogP) is 4.46. The van der Waals surface area contributed by atoms with Crippen LogP contribution in [0.5, 0.6) is 0 Å². The molecule has 0 spiro atoms. The molecule has 1 heterocycles. The molecular formula is C17H21Cl2F3N2O. The summed E-state index contributed by atoms with van der Waals surface area (Å²) >= 11 is 12.1. The molecule has 8 heteroatoms. The summed E-state index contributed by atoms with van der Waals surface area (Å²) in [7, 11) is 0. The van der Waals surface area contributed by atoms with Crippen molar-refractivity contribution in [1.82, 2.24) is 10.6 Å². The third kappa shape index (κ3) is 4.60. The first-order valence-corrected chi connectivity index (χ1v) is 8.76. The third-order valence-corrected chi connectivity index (χ3v) is 5.40. The van der Waals surface area contributed by atoms with Crippen LogP contribution in [0, 0.1) is 0 Å². The smallest absolute Gasteiger partial charge is 0.342 e. The highest BCUT2D eigenvalue weighted by Gasteiger charge is 2.49. The van der Waals surface area contributed by atoms with Crippen molar-refractivity contribution in [3.05, 3.63) is 33.8 Å². The number of hydrogen-bond acceptors (Lipinski definition) is 2. The number of halogens is 5. The fourth-order valence-corrected chi connectivity index (χ4v) is 3.36. The maximum Gasteiger partial charge on any atom is 0.410 e. The van der Waals surface area contributed by atoms with Crippen LogP contribution in [0.15, 0.2) is 18.2 Å². The van der Waals surface area contributed by atoms with Crippen LogP contribution in [0.1, 0.15) is 38.7 Å². The van der Waals surface area contributed by atoms with Gasteiger partial charge in [0.05, 0.1) is 10.0 Å². The van der Waals surface area contributed by atoms with Gasteiger partial charge in [0.2, 0.25) is 5.91 Å². The molecule has 0 aliphatic carbocycles. The van der Waals surface area contributed by atoms with Gasteiger partial charge in [0.1, 0.15) is 5.54 Å². The molecule has 2 rings (SSSR count). The largest absolute Gasteiger partial charge is 0.410 e. The van der Waals surface area contributed by atoms with E-state index in [0.29, 0.717) is 23.0 Å². The monoisotopic (exact) mass is 396 g/mol. The second kappa shape index (κ2) is 7.33. The van der Waals surface area contributed by atoms with E-state index in [1.807, 2.05) is 0 Å². The number of carbonyl (C=O) groups is 1. The quantitative estimate of drug-likeness (QED) is 0.788. The zero-order valence-electron chi connectivity index (χ0n) is 14.1. The van der Waals surface area contributed by atoms with Crippen molar-refractivity contribution in [1.29, 1.82) is 0 Å². The van der Waals surface area contributed by atoms with E-state index in [2.05, 4.69) is 10.6 Å². The number of carbonyl (C=O) groups excluding carboxylic acids is 1. The van der Waals surface area contributed by atoms with Gasteiger partial charge in [-0.25, -0.2) is 0 Å². The Kier molecular flexibility index (Phi) is 5.96. The predicted molar refractivity (Wildman–Crippen MR) is 93.1 cm³/mol. The second-order valence-electron chi connectivity index (χ2n) is 7.04.